The molecule has 1 atom stereocenters. The molecule has 1 unspecified atom stereocenters. The summed E-state index contributed by atoms with van der Waals surface area (Å²) < 4.78 is 60.4. The monoisotopic (exact) mass is 517 g/mol. The number of rotatable bonds is 9. The molecular formula is C24H27N3O6S2. The van der Waals surface area contributed by atoms with Crippen LogP contribution in [0.3, 0.4) is 0 Å². The summed E-state index contributed by atoms with van der Waals surface area (Å²) in [6.45, 7) is -0.0479. The van der Waals surface area contributed by atoms with Crippen molar-refractivity contribution in [3.8, 4) is 5.75 Å². The van der Waals surface area contributed by atoms with Crippen LogP contribution in [-0.4, -0.2) is 59.6 Å². The molecule has 3 aromatic carbocycles. The Morgan fingerprint density at radius 1 is 0.971 bits per heavy atom. The van der Waals surface area contributed by atoms with Crippen molar-refractivity contribution in [2.24, 2.45) is 0 Å². The number of para-hydroxylation sites is 2. The summed E-state index contributed by atoms with van der Waals surface area (Å²) >= 11 is 0. The first kappa shape index (κ1) is 25.0. The molecule has 0 radical (unpaired) electrons. The van der Waals surface area contributed by atoms with Crippen molar-refractivity contribution in [3.63, 3.8) is 0 Å². The lowest BCUT2D eigenvalue weighted by molar-refractivity contribution is 0.161. The zero-order chi connectivity index (χ0) is 25.4. The number of nitrogens with one attached hydrogen (secondary N) is 1. The fourth-order valence-electron chi connectivity index (χ4n) is 4.03. The minimum atomic E-state index is -4.04. The third-order valence-corrected chi connectivity index (χ3v) is 8.49. The number of methoxy groups -OCH3 is 1. The molecule has 0 saturated heterocycles. The number of sulfonamides is 2. The van der Waals surface area contributed by atoms with Crippen molar-refractivity contribution in [1.82, 2.24) is 9.29 Å². The Kier molecular flexibility index (Phi) is 6.78. The molecule has 2 N–H and O–H groups in total. The minimum absolute atomic E-state index is 0.0868. The molecule has 0 aliphatic carbocycles. The third kappa shape index (κ3) is 4.98. The molecule has 0 aliphatic heterocycles. The second-order valence-corrected chi connectivity index (χ2v) is 12.0. The average molecular weight is 518 g/mol. The molecule has 0 amide bonds. The highest BCUT2D eigenvalue weighted by molar-refractivity contribution is 7.92. The first-order chi connectivity index (χ1) is 16.5. The topological polar surface area (TPSA) is 118 Å². The van der Waals surface area contributed by atoms with Gasteiger partial charge in [0.15, 0.2) is 0 Å². The van der Waals surface area contributed by atoms with Crippen LogP contribution >= 0.6 is 0 Å². The summed E-state index contributed by atoms with van der Waals surface area (Å²) in [7, 11) is -5.01. The van der Waals surface area contributed by atoms with Gasteiger partial charge in [-0.3, -0.25) is 4.31 Å². The molecule has 0 bridgehead atoms. The minimum Gasteiger partial charge on any atom is -0.495 e. The van der Waals surface area contributed by atoms with Crippen LogP contribution in [-0.2, 0) is 26.6 Å². The number of benzene rings is 3. The zero-order valence-electron chi connectivity index (χ0n) is 19.5. The fourth-order valence-corrected chi connectivity index (χ4v) is 5.62. The molecule has 11 heteroatoms. The smallest absolute Gasteiger partial charge is 0.240 e. The van der Waals surface area contributed by atoms with E-state index in [2.05, 4.69) is 4.72 Å². The molecule has 1 heterocycles. The van der Waals surface area contributed by atoms with Gasteiger partial charge in [0, 0.05) is 35.4 Å². The van der Waals surface area contributed by atoms with Gasteiger partial charge in [-0.2, -0.15) is 0 Å². The van der Waals surface area contributed by atoms with E-state index in [1.165, 1.54) is 32.4 Å². The van der Waals surface area contributed by atoms with E-state index < -0.39 is 26.2 Å². The molecule has 0 saturated carbocycles. The van der Waals surface area contributed by atoms with Crippen LogP contribution in [0, 0.1) is 0 Å². The van der Waals surface area contributed by atoms with Crippen LogP contribution in [0.15, 0.2) is 71.6 Å². The van der Waals surface area contributed by atoms with Gasteiger partial charge in [0.1, 0.15) is 5.75 Å². The Bertz CT molecular complexity index is 1540. The summed E-state index contributed by atoms with van der Waals surface area (Å²) in [6, 6.07) is 19.6. The molecular weight excluding hydrogens is 490 g/mol. The Morgan fingerprint density at radius 3 is 2.09 bits per heavy atom. The third-order valence-electron chi connectivity index (χ3n) is 5.88. The predicted octanol–water partition coefficient (Wildman–Crippen LogP) is 2.54. The maximum absolute atomic E-state index is 13.0. The van der Waals surface area contributed by atoms with Crippen molar-refractivity contribution in [1.29, 1.82) is 0 Å². The van der Waals surface area contributed by atoms with Gasteiger partial charge in [-0.15, -0.1) is 0 Å². The highest BCUT2D eigenvalue weighted by Gasteiger charge is 2.23. The molecule has 35 heavy (non-hydrogen) atoms. The van der Waals surface area contributed by atoms with Gasteiger partial charge in [-0.25, -0.2) is 21.6 Å². The Labute approximate surface area is 204 Å². The van der Waals surface area contributed by atoms with E-state index in [0.29, 0.717) is 0 Å². The van der Waals surface area contributed by atoms with E-state index in [-0.39, 0.29) is 29.4 Å². The quantitative estimate of drug-likeness (QED) is 0.352. The van der Waals surface area contributed by atoms with E-state index in [1.54, 1.807) is 0 Å². The van der Waals surface area contributed by atoms with Gasteiger partial charge in [-0.1, -0.05) is 36.4 Å². The van der Waals surface area contributed by atoms with Crippen LogP contribution in [0.4, 0.5) is 5.69 Å². The molecule has 0 aliphatic rings. The highest BCUT2D eigenvalue weighted by Crippen LogP contribution is 2.32. The van der Waals surface area contributed by atoms with Gasteiger partial charge >= 0.3 is 0 Å². The number of nitrogens with zero attached hydrogens (tertiary/aromatic N) is 2. The molecule has 0 fully saturated rings. The maximum atomic E-state index is 13.0. The standard InChI is InChI=1S/C24H27N3O6S2/c1-26(34(3,29)30)23-14-18(12-13-24(23)33-2)35(31,32)25-15-17(28)16-27-21-10-6-4-8-19(21)20-9-5-7-11-22(20)27/h4-14,17,25,28H,15-16H2,1-3H3. The van der Waals surface area contributed by atoms with Gasteiger partial charge in [0.05, 0.1) is 36.6 Å². The Morgan fingerprint density at radius 2 is 1.54 bits per heavy atom. The van der Waals surface area contributed by atoms with Crippen molar-refractivity contribution in [2.75, 3.05) is 31.3 Å². The number of fused-ring (bicyclic) bond motifs is 3. The number of aliphatic hydroxyl groups excluding tert-OH is 1. The van der Waals surface area contributed by atoms with Crippen LogP contribution in [0.2, 0.25) is 0 Å². The van der Waals surface area contributed by atoms with E-state index in [4.69, 9.17) is 4.74 Å². The lowest BCUT2D eigenvalue weighted by Gasteiger charge is -2.20. The van der Waals surface area contributed by atoms with Gasteiger partial charge in [-0.05, 0) is 30.3 Å². The maximum Gasteiger partial charge on any atom is 0.240 e. The Hall–Kier alpha value is -3.12. The van der Waals surface area contributed by atoms with Crippen LogP contribution in [0.25, 0.3) is 21.8 Å². The number of anilines is 1. The van der Waals surface area contributed by atoms with Crippen molar-refractivity contribution in [2.45, 2.75) is 17.5 Å². The van der Waals surface area contributed by atoms with Crippen LogP contribution in [0.5, 0.6) is 5.75 Å². The Balaban J connectivity index is 1.56. The normalized spacial score (nSPS) is 13.3. The second kappa shape index (κ2) is 9.50. The summed E-state index contributed by atoms with van der Waals surface area (Å²) in [6.07, 6.45) is -0.00273. The molecule has 4 aromatic rings. The van der Waals surface area contributed by atoms with Gasteiger partial charge in [0.25, 0.3) is 0 Å². The molecule has 9 nitrogen and oxygen atoms in total. The van der Waals surface area contributed by atoms with Gasteiger partial charge < -0.3 is 14.4 Å². The largest absolute Gasteiger partial charge is 0.495 e. The first-order valence-electron chi connectivity index (χ1n) is 10.8. The van der Waals surface area contributed by atoms with Crippen molar-refractivity contribution >= 4 is 47.5 Å². The second-order valence-electron chi connectivity index (χ2n) is 8.21. The highest BCUT2D eigenvalue weighted by atomic mass is 32.2. The lowest BCUT2D eigenvalue weighted by atomic mass is 10.2. The summed E-state index contributed by atoms with van der Waals surface area (Å²) in [5, 5.41) is 12.8. The number of hydrogen-bond donors (Lipinski definition) is 2. The molecule has 0 spiro atoms. The van der Waals surface area contributed by atoms with E-state index in [9.17, 15) is 21.9 Å². The van der Waals surface area contributed by atoms with E-state index in [0.717, 1.165) is 32.4 Å². The summed E-state index contributed by atoms with van der Waals surface area (Å²) in [5.74, 6) is 0.211. The van der Waals surface area contributed by atoms with Crippen molar-refractivity contribution in [3.05, 3.63) is 66.7 Å². The fraction of sp³-hybridized carbons (Fsp3) is 0.250. The molecule has 1 aromatic heterocycles. The molecule has 186 valence electrons. The number of aromatic nitrogens is 1. The number of ether oxygens (including phenoxy) is 1. The summed E-state index contributed by atoms with van der Waals surface area (Å²) in [4.78, 5) is -0.145. The van der Waals surface area contributed by atoms with Crippen molar-refractivity contribution < 1.29 is 26.7 Å². The summed E-state index contributed by atoms with van der Waals surface area (Å²) in [5.41, 5.74) is 1.97. The first-order valence-corrected chi connectivity index (χ1v) is 14.1. The SMILES string of the molecule is COc1ccc(S(=O)(=O)NCC(O)Cn2c3ccccc3c3ccccc32)cc1N(C)S(C)(=O)=O. The molecule has 4 rings (SSSR count). The van der Waals surface area contributed by atoms with E-state index >= 15 is 0 Å². The van der Waals surface area contributed by atoms with Crippen LogP contribution in [0.1, 0.15) is 0 Å². The van der Waals surface area contributed by atoms with Gasteiger partial charge in [0.2, 0.25) is 20.0 Å². The lowest BCUT2D eigenvalue weighted by Crippen LogP contribution is -2.34. The van der Waals surface area contributed by atoms with E-state index in [1.807, 2.05) is 53.1 Å². The predicted molar refractivity (Wildman–Crippen MR) is 137 cm³/mol. The average Bonchev–Trinajstić information content (AvgIpc) is 3.15. The van der Waals surface area contributed by atoms with Crippen LogP contribution < -0.4 is 13.8 Å². The number of aliphatic hydroxyl groups is 1. The number of hydrogen-bond acceptors (Lipinski definition) is 6. The zero-order valence-corrected chi connectivity index (χ0v) is 21.2.